The standard InChI is InChI=1S/C13H14N2OS/c1-3-10-4-6-11(7-5-10)14-13(16)12-8-17-15-9(12)2/h4-8H,3H2,1-2H3,(H,14,16). The van der Waals surface area contributed by atoms with Gasteiger partial charge >= 0.3 is 0 Å². The predicted molar refractivity (Wildman–Crippen MR) is 70.6 cm³/mol. The summed E-state index contributed by atoms with van der Waals surface area (Å²) in [5, 5.41) is 4.63. The number of amides is 1. The number of rotatable bonds is 3. The number of hydrogen-bond donors (Lipinski definition) is 1. The second kappa shape index (κ2) is 5.10. The van der Waals surface area contributed by atoms with E-state index in [1.54, 1.807) is 5.38 Å². The molecule has 0 aliphatic heterocycles. The van der Waals surface area contributed by atoms with Crippen molar-refractivity contribution < 1.29 is 4.79 Å². The van der Waals surface area contributed by atoms with E-state index in [9.17, 15) is 4.79 Å². The molecule has 1 N–H and O–H groups in total. The van der Waals surface area contributed by atoms with Crippen LogP contribution in [0.25, 0.3) is 0 Å². The molecule has 0 saturated carbocycles. The first-order valence-electron chi connectivity index (χ1n) is 5.52. The first kappa shape index (κ1) is 11.8. The highest BCUT2D eigenvalue weighted by molar-refractivity contribution is 7.04. The van der Waals surface area contributed by atoms with E-state index in [1.165, 1.54) is 17.1 Å². The summed E-state index contributed by atoms with van der Waals surface area (Å²) in [5.41, 5.74) is 3.50. The number of carbonyl (C=O) groups is 1. The van der Waals surface area contributed by atoms with Crippen LogP contribution in [0.15, 0.2) is 29.6 Å². The fourth-order valence-electron chi connectivity index (χ4n) is 1.53. The van der Waals surface area contributed by atoms with Gasteiger partial charge in [0.15, 0.2) is 0 Å². The van der Waals surface area contributed by atoms with Crippen molar-refractivity contribution in [1.82, 2.24) is 4.37 Å². The molecule has 1 aromatic carbocycles. The summed E-state index contributed by atoms with van der Waals surface area (Å²) in [5.74, 6) is -0.0968. The Morgan fingerprint density at radius 1 is 1.35 bits per heavy atom. The average Bonchev–Trinajstić information content (AvgIpc) is 2.76. The van der Waals surface area contributed by atoms with E-state index in [1.807, 2.05) is 31.2 Å². The van der Waals surface area contributed by atoms with Gasteiger partial charge in [0, 0.05) is 11.1 Å². The number of carbonyl (C=O) groups excluding carboxylic acids is 1. The van der Waals surface area contributed by atoms with Gasteiger partial charge in [-0.25, -0.2) is 0 Å². The van der Waals surface area contributed by atoms with Crippen molar-refractivity contribution in [2.75, 3.05) is 5.32 Å². The van der Waals surface area contributed by atoms with E-state index in [2.05, 4.69) is 16.6 Å². The molecule has 1 heterocycles. The molecule has 3 nitrogen and oxygen atoms in total. The second-order valence-corrected chi connectivity index (χ2v) is 4.45. The van der Waals surface area contributed by atoms with Gasteiger partial charge in [0.25, 0.3) is 5.91 Å². The van der Waals surface area contributed by atoms with Gasteiger partial charge in [-0.15, -0.1) is 0 Å². The number of aryl methyl sites for hydroxylation is 2. The number of nitrogens with one attached hydrogen (secondary N) is 1. The van der Waals surface area contributed by atoms with Crippen LogP contribution in [0.5, 0.6) is 0 Å². The molecule has 1 aromatic heterocycles. The van der Waals surface area contributed by atoms with E-state index in [0.29, 0.717) is 5.56 Å². The molecule has 17 heavy (non-hydrogen) atoms. The molecular weight excluding hydrogens is 232 g/mol. The molecule has 0 aliphatic carbocycles. The van der Waals surface area contributed by atoms with Crippen molar-refractivity contribution in [3.63, 3.8) is 0 Å². The third-order valence-corrected chi connectivity index (χ3v) is 3.34. The molecular formula is C13H14N2OS. The third-order valence-electron chi connectivity index (χ3n) is 2.61. The molecule has 0 radical (unpaired) electrons. The van der Waals surface area contributed by atoms with Crippen molar-refractivity contribution in [2.45, 2.75) is 20.3 Å². The molecule has 4 heteroatoms. The maximum Gasteiger partial charge on any atom is 0.258 e. The van der Waals surface area contributed by atoms with Crippen LogP contribution in [0.1, 0.15) is 28.5 Å². The summed E-state index contributed by atoms with van der Waals surface area (Å²) in [6.45, 7) is 3.94. The van der Waals surface area contributed by atoms with Crippen LogP contribution in [0, 0.1) is 6.92 Å². The van der Waals surface area contributed by atoms with Crippen LogP contribution in [0.2, 0.25) is 0 Å². The molecule has 2 aromatic rings. The van der Waals surface area contributed by atoms with Crippen LogP contribution in [0.3, 0.4) is 0 Å². The summed E-state index contributed by atoms with van der Waals surface area (Å²) < 4.78 is 4.09. The van der Waals surface area contributed by atoms with Gasteiger partial charge in [0.1, 0.15) is 0 Å². The Morgan fingerprint density at radius 3 is 2.59 bits per heavy atom. The highest BCUT2D eigenvalue weighted by Gasteiger charge is 2.10. The molecule has 0 saturated heterocycles. The van der Waals surface area contributed by atoms with Crippen molar-refractivity contribution in [3.8, 4) is 0 Å². The van der Waals surface area contributed by atoms with Crippen molar-refractivity contribution in [2.24, 2.45) is 0 Å². The Kier molecular flexibility index (Phi) is 3.54. The van der Waals surface area contributed by atoms with Gasteiger partial charge in [0.2, 0.25) is 0 Å². The van der Waals surface area contributed by atoms with E-state index < -0.39 is 0 Å². The van der Waals surface area contributed by atoms with Crippen LogP contribution in [0.4, 0.5) is 5.69 Å². The zero-order valence-corrected chi connectivity index (χ0v) is 10.7. The molecule has 0 aliphatic rings. The fraction of sp³-hybridized carbons (Fsp3) is 0.231. The fourth-order valence-corrected chi connectivity index (χ4v) is 2.22. The Balaban J connectivity index is 2.10. The summed E-state index contributed by atoms with van der Waals surface area (Å²) in [6.07, 6.45) is 1.00. The largest absolute Gasteiger partial charge is 0.322 e. The Morgan fingerprint density at radius 2 is 2.06 bits per heavy atom. The molecule has 0 unspecified atom stereocenters. The van der Waals surface area contributed by atoms with Gasteiger partial charge < -0.3 is 5.32 Å². The average molecular weight is 246 g/mol. The van der Waals surface area contributed by atoms with Gasteiger partial charge in [-0.3, -0.25) is 4.79 Å². The minimum Gasteiger partial charge on any atom is -0.322 e. The lowest BCUT2D eigenvalue weighted by molar-refractivity contribution is 0.102. The van der Waals surface area contributed by atoms with E-state index in [4.69, 9.17) is 0 Å². The number of aromatic nitrogens is 1. The predicted octanol–water partition coefficient (Wildman–Crippen LogP) is 3.27. The van der Waals surface area contributed by atoms with Crippen LogP contribution in [-0.2, 0) is 6.42 Å². The lowest BCUT2D eigenvalue weighted by Gasteiger charge is -2.05. The number of benzene rings is 1. The molecule has 0 bridgehead atoms. The minimum atomic E-state index is -0.0968. The number of anilines is 1. The molecule has 1 amide bonds. The van der Waals surface area contributed by atoms with Gasteiger partial charge in [-0.2, -0.15) is 4.37 Å². The third kappa shape index (κ3) is 2.71. The van der Waals surface area contributed by atoms with E-state index in [-0.39, 0.29) is 5.91 Å². The van der Waals surface area contributed by atoms with Gasteiger partial charge in [-0.1, -0.05) is 19.1 Å². The maximum absolute atomic E-state index is 11.9. The van der Waals surface area contributed by atoms with Gasteiger partial charge in [0.05, 0.1) is 11.3 Å². The normalized spacial score (nSPS) is 10.2. The first-order valence-corrected chi connectivity index (χ1v) is 6.35. The molecule has 0 atom stereocenters. The van der Waals surface area contributed by atoms with Crippen molar-refractivity contribution in [1.29, 1.82) is 0 Å². The maximum atomic E-state index is 11.9. The van der Waals surface area contributed by atoms with Crippen LogP contribution in [-0.4, -0.2) is 10.3 Å². The molecule has 88 valence electrons. The van der Waals surface area contributed by atoms with Crippen molar-refractivity contribution in [3.05, 3.63) is 46.5 Å². The Hall–Kier alpha value is -1.68. The quantitative estimate of drug-likeness (QED) is 0.903. The Bertz CT molecular complexity index is 516. The molecule has 0 spiro atoms. The van der Waals surface area contributed by atoms with Crippen molar-refractivity contribution >= 4 is 23.1 Å². The lowest BCUT2D eigenvalue weighted by Crippen LogP contribution is -2.12. The van der Waals surface area contributed by atoms with Crippen LogP contribution < -0.4 is 5.32 Å². The van der Waals surface area contributed by atoms with E-state index >= 15 is 0 Å². The van der Waals surface area contributed by atoms with Gasteiger partial charge in [-0.05, 0) is 42.6 Å². The molecule has 2 rings (SSSR count). The zero-order chi connectivity index (χ0) is 12.3. The highest BCUT2D eigenvalue weighted by atomic mass is 32.1. The summed E-state index contributed by atoms with van der Waals surface area (Å²) in [4.78, 5) is 11.9. The Labute approximate surface area is 105 Å². The highest BCUT2D eigenvalue weighted by Crippen LogP contribution is 2.14. The smallest absolute Gasteiger partial charge is 0.258 e. The number of nitrogens with zero attached hydrogens (tertiary/aromatic N) is 1. The second-order valence-electron chi connectivity index (χ2n) is 3.82. The molecule has 0 fully saturated rings. The zero-order valence-electron chi connectivity index (χ0n) is 9.86. The first-order chi connectivity index (χ1) is 8.20. The summed E-state index contributed by atoms with van der Waals surface area (Å²) in [6, 6.07) is 7.89. The minimum absolute atomic E-state index is 0.0968. The monoisotopic (exact) mass is 246 g/mol. The lowest BCUT2D eigenvalue weighted by atomic mass is 10.1. The summed E-state index contributed by atoms with van der Waals surface area (Å²) >= 11 is 1.30. The number of hydrogen-bond acceptors (Lipinski definition) is 3. The summed E-state index contributed by atoms with van der Waals surface area (Å²) in [7, 11) is 0. The van der Waals surface area contributed by atoms with Crippen LogP contribution >= 0.6 is 11.5 Å². The SMILES string of the molecule is CCc1ccc(NC(=O)c2csnc2C)cc1. The van der Waals surface area contributed by atoms with E-state index in [0.717, 1.165) is 17.8 Å². The topological polar surface area (TPSA) is 42.0 Å².